The number of aromatic amines is 1. The van der Waals surface area contributed by atoms with Crippen LogP contribution in [0.15, 0.2) is 12.3 Å². The Bertz CT molecular complexity index is 974. The first-order valence-electron chi connectivity index (χ1n) is 9.19. The number of anilines is 1. The highest BCUT2D eigenvalue weighted by atomic mass is 32.1. The normalized spacial score (nSPS) is 15.3. The van der Waals surface area contributed by atoms with Crippen molar-refractivity contribution in [2.24, 2.45) is 5.92 Å². The summed E-state index contributed by atoms with van der Waals surface area (Å²) in [7, 11) is 1.30. The number of esters is 2. The van der Waals surface area contributed by atoms with E-state index in [9.17, 15) is 19.2 Å². The highest BCUT2D eigenvalue weighted by molar-refractivity contribution is 7.17. The number of hydrogen-bond donors (Lipinski definition) is 2. The molecule has 0 saturated carbocycles. The van der Waals surface area contributed by atoms with Crippen molar-refractivity contribution in [1.82, 2.24) is 4.98 Å². The van der Waals surface area contributed by atoms with E-state index in [2.05, 4.69) is 17.2 Å². The molecule has 3 rings (SSSR count). The average molecular weight is 418 g/mol. The summed E-state index contributed by atoms with van der Waals surface area (Å²) in [4.78, 5) is 51.6. The van der Waals surface area contributed by atoms with E-state index in [1.807, 2.05) is 0 Å². The first kappa shape index (κ1) is 20.8. The number of methoxy groups -OCH3 is 1. The van der Waals surface area contributed by atoms with Crippen molar-refractivity contribution in [3.05, 3.63) is 39.5 Å². The summed E-state index contributed by atoms with van der Waals surface area (Å²) >= 11 is 1.36. The summed E-state index contributed by atoms with van der Waals surface area (Å²) in [6, 6.07) is 1.37. The summed E-state index contributed by atoms with van der Waals surface area (Å²) in [5, 5.41) is 3.08. The molecule has 2 N–H and O–H groups in total. The van der Waals surface area contributed by atoms with Gasteiger partial charge in [-0.05, 0) is 43.7 Å². The molecular formula is C20H22N2O6S. The maximum Gasteiger partial charge on any atom is 0.355 e. The van der Waals surface area contributed by atoms with Crippen LogP contribution in [0.1, 0.15) is 61.9 Å². The van der Waals surface area contributed by atoms with E-state index in [1.54, 1.807) is 0 Å². The first-order valence-corrected chi connectivity index (χ1v) is 10.0. The van der Waals surface area contributed by atoms with Crippen LogP contribution in [0.3, 0.4) is 0 Å². The second-order valence-electron chi connectivity index (χ2n) is 7.03. The van der Waals surface area contributed by atoms with Crippen LogP contribution in [-0.4, -0.2) is 42.3 Å². The van der Waals surface area contributed by atoms with Crippen LogP contribution < -0.4 is 5.32 Å². The number of amides is 1. The van der Waals surface area contributed by atoms with Crippen molar-refractivity contribution in [3.63, 3.8) is 0 Å². The average Bonchev–Trinajstić information content (AvgIpc) is 3.30. The molecule has 154 valence electrons. The highest BCUT2D eigenvalue weighted by Gasteiger charge is 2.29. The molecule has 0 unspecified atom stereocenters. The van der Waals surface area contributed by atoms with Gasteiger partial charge in [-0.15, -0.1) is 11.3 Å². The second-order valence-corrected chi connectivity index (χ2v) is 8.14. The summed E-state index contributed by atoms with van der Waals surface area (Å²) in [5.41, 5.74) is 1.74. The zero-order chi connectivity index (χ0) is 21.1. The third kappa shape index (κ3) is 4.56. The van der Waals surface area contributed by atoms with Crippen molar-refractivity contribution < 1.29 is 28.7 Å². The van der Waals surface area contributed by atoms with Crippen LogP contribution in [0.4, 0.5) is 5.00 Å². The lowest BCUT2D eigenvalue weighted by molar-refractivity contribution is -0.119. The fourth-order valence-electron chi connectivity index (χ4n) is 3.24. The largest absolute Gasteiger partial charge is 0.465 e. The number of ketones is 1. The molecule has 0 saturated heterocycles. The van der Waals surface area contributed by atoms with Gasteiger partial charge in [0.15, 0.2) is 12.4 Å². The van der Waals surface area contributed by atoms with Crippen LogP contribution in [0.5, 0.6) is 0 Å². The summed E-state index contributed by atoms with van der Waals surface area (Å²) in [6.45, 7) is 3.01. The molecule has 1 atom stereocenters. The Balaban J connectivity index is 1.68. The molecule has 2 heterocycles. The molecule has 0 aliphatic heterocycles. The van der Waals surface area contributed by atoms with E-state index in [-0.39, 0.29) is 11.5 Å². The minimum absolute atomic E-state index is 0.0822. The van der Waals surface area contributed by atoms with Crippen molar-refractivity contribution in [3.8, 4) is 0 Å². The number of nitrogens with one attached hydrogen (secondary N) is 2. The Hall–Kier alpha value is -2.94. The number of Topliss-reactive ketones (excluding diaryl/α,β-unsaturated/α-hetero) is 1. The Morgan fingerprint density at radius 3 is 2.69 bits per heavy atom. The zero-order valence-electron chi connectivity index (χ0n) is 16.4. The van der Waals surface area contributed by atoms with Crippen LogP contribution in [0.25, 0.3) is 0 Å². The summed E-state index contributed by atoms with van der Waals surface area (Å²) < 4.78 is 9.88. The van der Waals surface area contributed by atoms with E-state index in [4.69, 9.17) is 9.47 Å². The fraction of sp³-hybridized carbons (Fsp3) is 0.400. The number of carbonyl (C=O) groups excluding carboxylic acids is 4. The van der Waals surface area contributed by atoms with E-state index < -0.39 is 24.5 Å². The quantitative estimate of drug-likeness (QED) is 0.551. The van der Waals surface area contributed by atoms with Crippen LogP contribution in [0.2, 0.25) is 0 Å². The van der Waals surface area contributed by atoms with E-state index in [0.717, 1.165) is 29.7 Å². The number of carbonyl (C=O) groups is 4. The molecule has 0 aromatic carbocycles. The predicted octanol–water partition coefficient (Wildman–Crippen LogP) is 2.99. The molecule has 2 aromatic heterocycles. The molecule has 9 heteroatoms. The number of H-pyrrole nitrogens is 1. The number of aromatic nitrogens is 1. The molecular weight excluding hydrogens is 396 g/mol. The van der Waals surface area contributed by atoms with Gasteiger partial charge in [0, 0.05) is 16.6 Å². The molecule has 2 aromatic rings. The molecule has 1 aliphatic carbocycles. The number of ether oxygens (including phenoxy) is 2. The summed E-state index contributed by atoms with van der Waals surface area (Å²) in [6.07, 6.45) is 3.98. The third-order valence-corrected chi connectivity index (χ3v) is 5.97. The molecule has 1 aliphatic rings. The first-order chi connectivity index (χ1) is 13.8. The Kier molecular flexibility index (Phi) is 6.17. The SMILES string of the molecule is COC(=O)c1c(NC(=O)COC(=O)c2cc(C(C)=O)c[nH]2)sc2c1CC[C@@H](C)C2. The van der Waals surface area contributed by atoms with Crippen molar-refractivity contribution in [2.45, 2.75) is 33.1 Å². The Morgan fingerprint density at radius 1 is 1.28 bits per heavy atom. The smallest absolute Gasteiger partial charge is 0.355 e. The maximum atomic E-state index is 12.3. The van der Waals surface area contributed by atoms with Gasteiger partial charge in [-0.3, -0.25) is 9.59 Å². The van der Waals surface area contributed by atoms with Gasteiger partial charge >= 0.3 is 11.9 Å². The van der Waals surface area contributed by atoms with Gasteiger partial charge in [-0.2, -0.15) is 0 Å². The number of fused-ring (bicyclic) bond motifs is 1. The standard InChI is InChI=1S/C20H22N2O6S/c1-10-4-5-13-15(6-10)29-18(17(13)20(26)27-3)22-16(24)9-28-19(25)14-7-12(8-21-14)11(2)23/h7-8,10,21H,4-6,9H2,1-3H3,(H,22,24)/t10-/m1/s1. The highest BCUT2D eigenvalue weighted by Crippen LogP contribution is 2.40. The van der Waals surface area contributed by atoms with Crippen molar-refractivity contribution in [2.75, 3.05) is 19.0 Å². The van der Waals surface area contributed by atoms with Gasteiger partial charge in [0.25, 0.3) is 5.91 Å². The number of rotatable bonds is 6. The number of hydrogen-bond acceptors (Lipinski definition) is 7. The Labute approximate surface area is 171 Å². The van der Waals surface area contributed by atoms with Crippen LogP contribution in [-0.2, 0) is 27.1 Å². The topological polar surface area (TPSA) is 115 Å². The number of thiophene rings is 1. The molecule has 1 amide bonds. The second kappa shape index (κ2) is 8.60. The van der Waals surface area contributed by atoms with Gasteiger partial charge in [0.05, 0.1) is 12.7 Å². The molecule has 8 nitrogen and oxygen atoms in total. The summed E-state index contributed by atoms with van der Waals surface area (Å²) in [5.74, 6) is -1.48. The van der Waals surface area contributed by atoms with E-state index >= 15 is 0 Å². The van der Waals surface area contributed by atoms with Gasteiger partial charge in [-0.25, -0.2) is 9.59 Å². The lowest BCUT2D eigenvalue weighted by atomic mass is 9.88. The Morgan fingerprint density at radius 2 is 2.03 bits per heavy atom. The van der Waals surface area contributed by atoms with E-state index in [0.29, 0.717) is 22.0 Å². The van der Waals surface area contributed by atoms with Crippen LogP contribution >= 0.6 is 11.3 Å². The minimum atomic E-state index is -0.750. The molecule has 0 radical (unpaired) electrons. The molecule has 0 fully saturated rings. The molecule has 29 heavy (non-hydrogen) atoms. The zero-order valence-corrected chi connectivity index (χ0v) is 17.2. The van der Waals surface area contributed by atoms with Crippen molar-refractivity contribution in [1.29, 1.82) is 0 Å². The fourth-order valence-corrected chi connectivity index (χ4v) is 4.66. The van der Waals surface area contributed by atoms with Crippen LogP contribution in [0, 0.1) is 5.92 Å². The molecule has 0 bridgehead atoms. The lowest BCUT2D eigenvalue weighted by Crippen LogP contribution is -2.22. The minimum Gasteiger partial charge on any atom is -0.465 e. The lowest BCUT2D eigenvalue weighted by Gasteiger charge is -2.18. The third-order valence-electron chi connectivity index (χ3n) is 4.80. The van der Waals surface area contributed by atoms with Crippen molar-refractivity contribution >= 4 is 40.0 Å². The molecule has 0 spiro atoms. The monoisotopic (exact) mass is 418 g/mol. The van der Waals surface area contributed by atoms with Gasteiger partial charge in [0.2, 0.25) is 0 Å². The van der Waals surface area contributed by atoms with Gasteiger partial charge in [0.1, 0.15) is 10.7 Å². The van der Waals surface area contributed by atoms with Gasteiger partial charge < -0.3 is 19.8 Å². The van der Waals surface area contributed by atoms with E-state index in [1.165, 1.54) is 37.6 Å². The predicted molar refractivity (Wildman–Crippen MR) is 107 cm³/mol. The van der Waals surface area contributed by atoms with Gasteiger partial charge in [-0.1, -0.05) is 6.92 Å². The maximum absolute atomic E-state index is 12.3.